The molecule has 30 heteroatoms. The number of hydrogen-bond donors (Lipinski definition) is 0. The third-order valence-electron chi connectivity index (χ3n) is 3.66. The molecular formula is C12F26O3Si. The lowest BCUT2D eigenvalue weighted by atomic mass is 10.0. The molecule has 0 bridgehead atoms. The highest BCUT2D eigenvalue weighted by Crippen LogP contribution is 2.57. The Bertz CT molecular complexity index is 927. The van der Waals surface area contributed by atoms with E-state index in [0.29, 0.717) is 0 Å². The predicted octanol–water partition coefficient (Wildman–Crippen LogP) is 8.60. The van der Waals surface area contributed by atoms with Crippen LogP contribution in [0, 0.1) is 0 Å². The molecule has 0 aliphatic rings. The monoisotopic (exact) mass is 714 g/mol. The van der Waals surface area contributed by atoms with Gasteiger partial charge in [-0.15, -0.1) is 0 Å². The number of allylic oxidation sites excluding steroid dienone is 1. The van der Waals surface area contributed by atoms with Gasteiger partial charge in [-0.1, -0.05) is 0 Å². The largest absolute Gasteiger partial charge is 0.583 e. The highest BCUT2D eigenvalue weighted by atomic mass is 28.4. The van der Waals surface area contributed by atoms with Crippen LogP contribution in [-0.2, 0) is 13.3 Å². The molecule has 0 amide bonds. The van der Waals surface area contributed by atoms with E-state index in [-0.39, 0.29) is 0 Å². The Morgan fingerprint density at radius 1 is 0.357 bits per heavy atom. The molecule has 3 nitrogen and oxygen atoms in total. The summed E-state index contributed by atoms with van der Waals surface area (Å²) in [7, 11) is -10.4. The number of halogens is 26. The van der Waals surface area contributed by atoms with E-state index in [9.17, 15) is 114 Å². The molecule has 0 saturated carbocycles. The molecule has 0 aliphatic heterocycles. The Hall–Kier alpha value is -1.98. The van der Waals surface area contributed by atoms with E-state index in [1.54, 1.807) is 0 Å². The van der Waals surface area contributed by atoms with Crippen molar-refractivity contribution in [2.24, 2.45) is 0 Å². The van der Waals surface area contributed by atoms with Crippen LogP contribution < -0.4 is 0 Å². The highest BCUT2D eigenvalue weighted by Gasteiger charge is 2.85. The summed E-state index contributed by atoms with van der Waals surface area (Å²) in [6.07, 6.45) is -56.1. The summed E-state index contributed by atoms with van der Waals surface area (Å²) in [4.78, 5) is 0. The molecule has 0 unspecified atom stereocenters. The highest BCUT2D eigenvalue weighted by molar-refractivity contribution is 6.68. The van der Waals surface area contributed by atoms with Gasteiger partial charge in [-0.3, -0.25) is 0 Å². The first-order valence-electron chi connectivity index (χ1n) is 8.39. The maximum Gasteiger partial charge on any atom is 0.583 e. The second kappa shape index (κ2) is 10.6. The van der Waals surface area contributed by atoms with Crippen LogP contribution in [0.25, 0.3) is 0 Å². The molecule has 0 aliphatic carbocycles. The van der Waals surface area contributed by atoms with Crippen molar-refractivity contribution in [3.8, 4) is 0 Å². The average molecular weight is 714 g/mol. The van der Waals surface area contributed by atoms with Gasteiger partial charge >= 0.3 is 69.6 Å². The van der Waals surface area contributed by atoms with Gasteiger partial charge in [0, 0.05) is 0 Å². The summed E-state index contributed by atoms with van der Waals surface area (Å²) in [6.45, 7) is 0. The van der Waals surface area contributed by atoms with Gasteiger partial charge < -0.3 is 13.3 Å². The Morgan fingerprint density at radius 3 is 0.786 bits per heavy atom. The standard InChI is InChI=1S/C12F26O3Si/c13-1(3(15,16)4(17,18)5(19,20)6(21,22)23)2(14)42(39-10(33,34)7(24,25)26,40-11(35,36)8(27,28)29)41-12(37,38)9(30,31)32. The molecule has 0 aromatic rings. The van der Waals surface area contributed by atoms with Gasteiger partial charge in [0.15, 0.2) is 0 Å². The maximum absolute atomic E-state index is 14.3. The SMILES string of the molecule is FC(=C(F)[Si](OC(F)(F)C(F)(F)F)(OC(F)(F)C(F)(F)F)OC(F)(F)C(F)(F)F)C(F)(F)C(F)(F)C(F)(F)C(F)(F)F. The van der Waals surface area contributed by atoms with Crippen molar-refractivity contribution in [3.05, 3.63) is 11.3 Å². The van der Waals surface area contributed by atoms with Gasteiger partial charge in [0.25, 0.3) is 0 Å². The molecule has 0 N–H and O–H groups in total. The molecule has 0 aromatic carbocycles. The molecule has 0 aromatic heterocycles. The quantitative estimate of drug-likeness (QED) is 0.168. The van der Waals surface area contributed by atoms with Crippen LogP contribution in [0.1, 0.15) is 0 Å². The van der Waals surface area contributed by atoms with Crippen molar-refractivity contribution < 1.29 is 127 Å². The summed E-state index contributed by atoms with van der Waals surface area (Å²) in [5.74, 6) is -31.8. The minimum Gasteiger partial charge on any atom is -0.301 e. The van der Waals surface area contributed by atoms with Gasteiger partial charge in [0.05, 0.1) is 0 Å². The minimum atomic E-state index is -10.4. The zero-order valence-electron chi connectivity index (χ0n) is 17.6. The van der Waals surface area contributed by atoms with E-state index in [0.717, 1.165) is 0 Å². The van der Waals surface area contributed by atoms with Crippen molar-refractivity contribution in [1.82, 2.24) is 0 Å². The zero-order chi connectivity index (χ0) is 34.8. The van der Waals surface area contributed by atoms with Crippen molar-refractivity contribution in [1.29, 1.82) is 0 Å². The fraction of sp³-hybridized carbons (Fsp3) is 0.833. The fourth-order valence-corrected chi connectivity index (χ4v) is 3.84. The molecule has 0 heterocycles. The van der Waals surface area contributed by atoms with E-state index in [2.05, 4.69) is 0 Å². The Kier molecular flexibility index (Phi) is 10.1. The third-order valence-corrected chi connectivity index (χ3v) is 5.99. The topological polar surface area (TPSA) is 27.7 Å². The second-order valence-electron chi connectivity index (χ2n) is 6.75. The molecule has 0 radical (unpaired) electrons. The lowest BCUT2D eigenvalue weighted by Crippen LogP contribution is -2.65. The smallest absolute Gasteiger partial charge is 0.301 e. The zero-order valence-corrected chi connectivity index (χ0v) is 18.6. The predicted molar refractivity (Wildman–Crippen MR) is 72.2 cm³/mol. The molecule has 42 heavy (non-hydrogen) atoms. The first kappa shape index (κ1) is 40.0. The number of alkyl halides is 24. The van der Waals surface area contributed by atoms with Crippen LogP contribution in [0.15, 0.2) is 11.3 Å². The van der Waals surface area contributed by atoms with Crippen LogP contribution in [0.5, 0.6) is 0 Å². The molecule has 0 spiro atoms. The van der Waals surface area contributed by atoms with Crippen LogP contribution in [0.2, 0.25) is 0 Å². The van der Waals surface area contributed by atoms with Crippen LogP contribution in [0.4, 0.5) is 114 Å². The van der Waals surface area contributed by atoms with E-state index in [1.165, 1.54) is 13.3 Å². The third kappa shape index (κ3) is 7.04. The Balaban J connectivity index is 8.17. The Labute approximate surface area is 209 Å². The summed E-state index contributed by atoms with van der Waals surface area (Å²) in [5, 5.41) is 0. The van der Waals surface area contributed by atoms with Gasteiger partial charge in [-0.05, 0) is 0 Å². The van der Waals surface area contributed by atoms with Crippen LogP contribution in [-0.4, -0.2) is 69.6 Å². The molecule has 0 rings (SSSR count). The summed E-state index contributed by atoms with van der Waals surface area (Å²) in [5.41, 5.74) is -5.90. The van der Waals surface area contributed by atoms with E-state index >= 15 is 0 Å². The van der Waals surface area contributed by atoms with E-state index in [1.807, 2.05) is 0 Å². The summed E-state index contributed by atoms with van der Waals surface area (Å²) >= 11 is 0. The van der Waals surface area contributed by atoms with Gasteiger partial charge in [0.1, 0.15) is 0 Å². The maximum atomic E-state index is 14.3. The van der Waals surface area contributed by atoms with E-state index < -0.39 is 80.9 Å². The van der Waals surface area contributed by atoms with Gasteiger partial charge in [-0.2, -0.15) is 105 Å². The minimum absolute atomic E-state index is 1.51. The molecule has 0 saturated heterocycles. The van der Waals surface area contributed by atoms with E-state index in [4.69, 9.17) is 0 Å². The number of hydrogen-bond acceptors (Lipinski definition) is 3. The van der Waals surface area contributed by atoms with Crippen molar-refractivity contribution in [3.63, 3.8) is 0 Å². The Morgan fingerprint density at radius 2 is 0.595 bits per heavy atom. The lowest BCUT2D eigenvalue weighted by Gasteiger charge is -2.38. The first-order valence-corrected chi connectivity index (χ1v) is 10.1. The fourth-order valence-electron chi connectivity index (χ4n) is 1.66. The van der Waals surface area contributed by atoms with Crippen molar-refractivity contribution in [2.75, 3.05) is 0 Å². The number of rotatable bonds is 10. The molecule has 0 atom stereocenters. The average Bonchev–Trinajstić information content (AvgIpc) is 2.67. The lowest BCUT2D eigenvalue weighted by molar-refractivity contribution is -0.421. The normalized spacial score (nSPS) is 17.0. The van der Waals surface area contributed by atoms with Crippen LogP contribution >= 0.6 is 0 Å². The van der Waals surface area contributed by atoms with Crippen molar-refractivity contribution >= 4 is 8.80 Å². The summed E-state index contributed by atoms with van der Waals surface area (Å²) < 4.78 is 339. The first-order chi connectivity index (χ1) is 17.7. The van der Waals surface area contributed by atoms with Gasteiger partial charge in [-0.25, -0.2) is 8.78 Å². The van der Waals surface area contributed by atoms with Gasteiger partial charge in [0.2, 0.25) is 11.3 Å². The van der Waals surface area contributed by atoms with Crippen LogP contribution in [0.3, 0.4) is 0 Å². The molecule has 0 fully saturated rings. The summed E-state index contributed by atoms with van der Waals surface area (Å²) in [6, 6.07) is 0. The van der Waals surface area contributed by atoms with Crippen molar-refractivity contribution in [2.45, 2.75) is 60.8 Å². The second-order valence-corrected chi connectivity index (χ2v) is 8.92. The molecule has 252 valence electrons. The molecular weight excluding hydrogens is 714 g/mol.